The summed E-state index contributed by atoms with van der Waals surface area (Å²) in [5.74, 6) is 0. The van der Waals surface area contributed by atoms with Crippen molar-refractivity contribution < 1.29 is 4.74 Å². The van der Waals surface area contributed by atoms with E-state index in [1.54, 1.807) is 6.92 Å². The van der Waals surface area contributed by atoms with E-state index in [0.717, 1.165) is 4.74 Å². The van der Waals surface area contributed by atoms with Gasteiger partial charge in [0.25, 0.3) is 0 Å². The molecule has 2 heteroatoms. The molecule has 0 atom stereocenters. The normalized spacial score (nSPS) is 14.2. The van der Waals surface area contributed by atoms with Crippen LogP contribution in [0.3, 0.4) is 0 Å². The summed E-state index contributed by atoms with van der Waals surface area (Å²) < 4.78 is 0.938. The van der Waals surface area contributed by atoms with Crippen LogP contribution in [0.5, 0.6) is 0 Å². The molecule has 48 valence electrons. The first kappa shape index (κ1) is 7.47. The number of hydroxylamine groups is 1. The van der Waals surface area contributed by atoms with E-state index in [1.165, 1.54) is 6.21 Å². The van der Waals surface area contributed by atoms with Crippen molar-refractivity contribution in [2.45, 2.75) is 33.2 Å². The summed E-state index contributed by atoms with van der Waals surface area (Å²) in [6, 6.07) is 0. The Hall–Kier alpha value is -0.530. The summed E-state index contributed by atoms with van der Waals surface area (Å²) in [6.07, 6.45) is 1.53. The van der Waals surface area contributed by atoms with Crippen molar-refractivity contribution in [2.24, 2.45) is 0 Å². The van der Waals surface area contributed by atoms with Gasteiger partial charge in [0, 0.05) is 27.7 Å². The lowest BCUT2D eigenvalue weighted by Gasteiger charge is -2.17. The average Bonchev–Trinajstić information content (AvgIpc) is 1.62. The van der Waals surface area contributed by atoms with Crippen LogP contribution in [0.1, 0.15) is 27.7 Å². The van der Waals surface area contributed by atoms with Gasteiger partial charge in [0.15, 0.2) is 5.54 Å². The SMILES string of the molecule is CC=[N+]([O-])C(C)(C)C. The van der Waals surface area contributed by atoms with Crippen LogP contribution in [0.4, 0.5) is 0 Å². The van der Waals surface area contributed by atoms with Gasteiger partial charge in [-0.25, -0.2) is 4.74 Å². The summed E-state index contributed by atoms with van der Waals surface area (Å²) in [5.41, 5.74) is -0.269. The molecule has 8 heavy (non-hydrogen) atoms. The molecule has 0 aromatic heterocycles. The van der Waals surface area contributed by atoms with Gasteiger partial charge in [-0.05, 0) is 0 Å². The molecule has 0 N–H and O–H groups in total. The zero-order valence-electron chi connectivity index (χ0n) is 5.93. The van der Waals surface area contributed by atoms with E-state index >= 15 is 0 Å². The average molecular weight is 115 g/mol. The minimum atomic E-state index is -0.269. The first-order valence-electron chi connectivity index (χ1n) is 2.74. The molecule has 0 aliphatic carbocycles. The predicted molar refractivity (Wildman–Crippen MR) is 35.1 cm³/mol. The van der Waals surface area contributed by atoms with E-state index in [1.807, 2.05) is 20.8 Å². The van der Waals surface area contributed by atoms with Crippen LogP contribution in [0.15, 0.2) is 0 Å². The quantitative estimate of drug-likeness (QED) is 0.203. The Kier molecular flexibility index (Phi) is 2.02. The molecule has 0 aromatic rings. The van der Waals surface area contributed by atoms with Crippen LogP contribution < -0.4 is 0 Å². The third-order valence-corrected chi connectivity index (χ3v) is 0.896. The van der Waals surface area contributed by atoms with Gasteiger partial charge in [0.2, 0.25) is 0 Å². The van der Waals surface area contributed by atoms with Gasteiger partial charge >= 0.3 is 0 Å². The summed E-state index contributed by atoms with van der Waals surface area (Å²) in [5, 5.41) is 10.7. The summed E-state index contributed by atoms with van der Waals surface area (Å²) in [4.78, 5) is 0. The molecule has 0 fully saturated rings. The molecular formula is C6H13NO. The van der Waals surface area contributed by atoms with Crippen LogP contribution in [0, 0.1) is 5.21 Å². The summed E-state index contributed by atoms with van der Waals surface area (Å²) in [6.45, 7) is 7.36. The molecular weight excluding hydrogens is 102 g/mol. The van der Waals surface area contributed by atoms with Crippen LogP contribution in [-0.4, -0.2) is 16.5 Å². The fourth-order valence-corrected chi connectivity index (χ4v) is 0.387. The molecule has 0 amide bonds. The van der Waals surface area contributed by atoms with E-state index in [0.29, 0.717) is 0 Å². The first-order chi connectivity index (χ1) is 3.48. The Morgan fingerprint density at radius 3 is 1.75 bits per heavy atom. The van der Waals surface area contributed by atoms with Gasteiger partial charge in [0.05, 0.1) is 0 Å². The topological polar surface area (TPSA) is 26.1 Å². The van der Waals surface area contributed by atoms with Crippen molar-refractivity contribution in [1.29, 1.82) is 0 Å². The zero-order chi connectivity index (χ0) is 6.78. The van der Waals surface area contributed by atoms with Crippen molar-refractivity contribution in [3.8, 4) is 0 Å². The number of nitrogens with zero attached hydrogens (tertiary/aromatic N) is 1. The highest BCUT2D eigenvalue weighted by molar-refractivity contribution is 5.47. The summed E-state index contributed by atoms with van der Waals surface area (Å²) >= 11 is 0. The number of hydrogen-bond acceptors (Lipinski definition) is 1. The predicted octanol–water partition coefficient (Wildman–Crippen LogP) is 1.39. The lowest BCUT2D eigenvalue weighted by Crippen LogP contribution is -2.28. The molecule has 0 unspecified atom stereocenters. The third kappa shape index (κ3) is 1.96. The fourth-order valence-electron chi connectivity index (χ4n) is 0.387. The zero-order valence-corrected chi connectivity index (χ0v) is 5.93. The Morgan fingerprint density at radius 1 is 1.38 bits per heavy atom. The molecule has 0 heterocycles. The van der Waals surface area contributed by atoms with Crippen molar-refractivity contribution in [3.05, 3.63) is 5.21 Å². The van der Waals surface area contributed by atoms with Gasteiger partial charge in [-0.3, -0.25) is 0 Å². The standard InChI is InChI=1S/C6H13NO/c1-5-7(8)6(2,3)4/h5H,1-4H3. The molecule has 0 aliphatic rings. The molecule has 0 aromatic carbocycles. The fraction of sp³-hybridized carbons (Fsp3) is 0.833. The van der Waals surface area contributed by atoms with Crippen molar-refractivity contribution in [3.63, 3.8) is 0 Å². The monoisotopic (exact) mass is 115 g/mol. The summed E-state index contributed by atoms with van der Waals surface area (Å²) in [7, 11) is 0. The molecule has 0 rings (SSSR count). The molecule has 0 saturated carbocycles. The minimum Gasteiger partial charge on any atom is -0.624 e. The Bertz CT molecular complexity index is 99.6. The molecule has 0 aliphatic heterocycles. The maximum Gasteiger partial charge on any atom is 0.164 e. The number of rotatable bonds is 0. The maximum atomic E-state index is 10.7. The molecule has 0 bridgehead atoms. The highest BCUT2D eigenvalue weighted by Gasteiger charge is 2.16. The molecule has 0 radical (unpaired) electrons. The molecule has 2 nitrogen and oxygen atoms in total. The van der Waals surface area contributed by atoms with Gasteiger partial charge in [0.1, 0.15) is 6.21 Å². The second-order valence-electron chi connectivity index (χ2n) is 2.75. The maximum absolute atomic E-state index is 10.7. The lowest BCUT2D eigenvalue weighted by molar-refractivity contribution is -0.531. The van der Waals surface area contributed by atoms with Crippen LogP contribution in [0.2, 0.25) is 0 Å². The third-order valence-electron chi connectivity index (χ3n) is 0.896. The van der Waals surface area contributed by atoms with E-state index in [-0.39, 0.29) is 5.54 Å². The van der Waals surface area contributed by atoms with Crippen LogP contribution in [0.25, 0.3) is 0 Å². The highest BCUT2D eigenvalue weighted by atomic mass is 16.5. The van der Waals surface area contributed by atoms with E-state index in [9.17, 15) is 5.21 Å². The minimum absolute atomic E-state index is 0.269. The second kappa shape index (κ2) is 2.16. The Balaban J connectivity index is 4.03. The Morgan fingerprint density at radius 2 is 1.75 bits per heavy atom. The van der Waals surface area contributed by atoms with E-state index in [2.05, 4.69) is 0 Å². The van der Waals surface area contributed by atoms with Crippen molar-refractivity contribution in [2.75, 3.05) is 0 Å². The van der Waals surface area contributed by atoms with E-state index in [4.69, 9.17) is 0 Å². The molecule has 0 saturated heterocycles. The number of hydrogen-bond donors (Lipinski definition) is 0. The molecule has 0 spiro atoms. The van der Waals surface area contributed by atoms with Gasteiger partial charge in [-0.2, -0.15) is 0 Å². The van der Waals surface area contributed by atoms with Gasteiger partial charge < -0.3 is 5.21 Å². The van der Waals surface area contributed by atoms with Crippen LogP contribution >= 0.6 is 0 Å². The van der Waals surface area contributed by atoms with E-state index < -0.39 is 0 Å². The highest BCUT2D eigenvalue weighted by Crippen LogP contribution is 2.03. The van der Waals surface area contributed by atoms with Crippen molar-refractivity contribution in [1.82, 2.24) is 0 Å². The lowest BCUT2D eigenvalue weighted by atomic mass is 10.1. The largest absolute Gasteiger partial charge is 0.624 e. The van der Waals surface area contributed by atoms with Crippen LogP contribution in [-0.2, 0) is 0 Å². The second-order valence-corrected chi connectivity index (χ2v) is 2.75. The van der Waals surface area contributed by atoms with Crippen molar-refractivity contribution >= 4 is 6.21 Å². The van der Waals surface area contributed by atoms with Gasteiger partial charge in [-0.1, -0.05) is 0 Å². The first-order valence-corrected chi connectivity index (χ1v) is 2.74. The van der Waals surface area contributed by atoms with Gasteiger partial charge in [-0.15, -0.1) is 0 Å². The Labute approximate surface area is 50.4 Å². The smallest absolute Gasteiger partial charge is 0.164 e.